The van der Waals surface area contributed by atoms with Gasteiger partial charge < -0.3 is 62.2 Å². The summed E-state index contributed by atoms with van der Waals surface area (Å²) in [6.07, 6.45) is 31.2. The van der Waals surface area contributed by atoms with Gasteiger partial charge in [0.25, 0.3) is 0 Å². The molecule has 26 heteroatoms. The van der Waals surface area contributed by atoms with Gasteiger partial charge in [0.05, 0.1) is 34.9 Å². The van der Waals surface area contributed by atoms with E-state index in [0.29, 0.717) is 5.82 Å². The molecular weight excluding hydrogens is 2400 g/mol. The Balaban J connectivity index is 0.000000187. The van der Waals surface area contributed by atoms with E-state index in [2.05, 4.69) is 177 Å². The molecule has 10 heterocycles. The smallest absolute Gasteiger partial charge is 0.510 e. The van der Waals surface area contributed by atoms with Crippen molar-refractivity contribution in [3.8, 4) is 85.4 Å². The summed E-state index contributed by atoms with van der Waals surface area (Å²) in [7, 11) is 15.8. The maximum Gasteiger partial charge on any atom is 3.00 e. The number of imidazole rings is 6. The molecule has 121 heavy (non-hydrogen) atoms. The molecule has 0 aliphatic carbocycles. The van der Waals surface area contributed by atoms with Gasteiger partial charge in [-0.3, -0.25) is 29.6 Å². The topological polar surface area (TPSA) is 178 Å². The molecule has 619 valence electrons. The largest absolute Gasteiger partial charge is 3.00 e. The van der Waals surface area contributed by atoms with Crippen molar-refractivity contribution < 1.29 is 101 Å². The molecule has 2 aliphatic heterocycles. The number of fused-ring (bicyclic) bond motifs is 1. The minimum Gasteiger partial charge on any atom is -0.510 e. The van der Waals surface area contributed by atoms with Crippen LogP contribution < -0.4 is 19.7 Å². The fourth-order valence-electron chi connectivity index (χ4n) is 11.6. The predicted octanol–water partition coefficient (Wildman–Crippen LogP) is 17.6. The second-order valence-electron chi connectivity index (χ2n) is 25.7. The van der Waals surface area contributed by atoms with Crippen LogP contribution in [0.15, 0.2) is 354 Å². The van der Waals surface area contributed by atoms with E-state index in [4.69, 9.17) is 0 Å². The summed E-state index contributed by atoms with van der Waals surface area (Å²) in [5, 5.41) is 11.5. The molecule has 2 aliphatic rings. The Morgan fingerprint density at radius 1 is 0.314 bits per heavy atom. The monoisotopic (exact) mass is 2480 g/mol. The van der Waals surface area contributed by atoms with E-state index in [0.717, 1.165) is 79.8 Å². The maximum atomic E-state index is 4.35. The number of aromatic nitrogens is 17. The average molecular weight is 2480 g/mol. The third-order valence-corrected chi connectivity index (χ3v) is 17.4. The average Bonchev–Trinajstić information content (AvgIpc) is 1.64. The molecule has 8 aromatic heterocycles. The minimum absolute atomic E-state index is 0. The first kappa shape index (κ1) is 96.1. The molecule has 0 saturated carbocycles. The van der Waals surface area contributed by atoms with Crippen LogP contribution in [0.3, 0.4) is 0 Å². The number of rotatable bonds is 10. The molecule has 0 spiro atoms. The van der Waals surface area contributed by atoms with Crippen molar-refractivity contribution >= 4 is 22.7 Å². The molecule has 21 nitrogen and oxygen atoms in total. The number of anilines is 4. The molecular formula is C95H84Ir5N21-5. The standard InChI is InChI=1S/C16H13N2.C14H12N2.C10H10N2.4C10H9N2.C9H7N2.C6H6N5.5Ir/c1-18-11-10-17-16(18)15-9-5-8-14(12-15)13-6-3-2-4-7-13;1-15-11-16(12-7-3-2-4-8-12)14-10-6-5-9-13(14)15;1-11-7-8-12(9-11)10-5-3-2-4-6-10;4*1-12-8-7-11-10(12)9-5-3-2-4-6-9;1-2-5-9(6-3-1)11-8-4-7-10-11;1-11-3-2-7-6(11)5-8-4-9-10-5;;;;;/h2-8,10-12H,1H3;2-7,9-11H,1H3;2-5,7-9H,1H3;4*2-5,7-8H,1H3;1-5,7-8H;2-4H,1H3;;;;;/q-1;2*-2;6*-1;;;;2*+3. The summed E-state index contributed by atoms with van der Waals surface area (Å²) in [5.74, 6) is 6.06. The first-order valence-electron chi connectivity index (χ1n) is 36.9. The van der Waals surface area contributed by atoms with Gasteiger partial charge in [-0.25, -0.2) is 4.98 Å². The van der Waals surface area contributed by atoms with Gasteiger partial charge >= 0.3 is 40.2 Å². The van der Waals surface area contributed by atoms with Crippen molar-refractivity contribution in [3.05, 3.63) is 416 Å². The van der Waals surface area contributed by atoms with Crippen LogP contribution in [-0.2, 0) is 143 Å². The Kier molecular flexibility index (Phi) is 40.4. The van der Waals surface area contributed by atoms with Crippen LogP contribution in [0, 0.1) is 61.9 Å². The Morgan fingerprint density at radius 2 is 0.694 bits per heavy atom. The maximum absolute atomic E-state index is 4.35. The molecule has 0 unspecified atom stereocenters. The van der Waals surface area contributed by atoms with E-state index in [1.165, 1.54) is 28.8 Å². The molecule has 20 rings (SSSR count). The van der Waals surface area contributed by atoms with Crippen LogP contribution in [0.25, 0.3) is 85.4 Å². The van der Waals surface area contributed by atoms with Crippen LogP contribution in [0.5, 0.6) is 0 Å². The molecule has 0 N–H and O–H groups in total. The molecule has 3 radical (unpaired) electrons. The normalized spacial score (nSPS) is 10.8. The minimum atomic E-state index is 0. The zero-order valence-electron chi connectivity index (χ0n) is 67.2. The number of benzene rings is 10. The molecule has 0 amide bonds. The second kappa shape index (κ2) is 50.8. The molecule has 0 saturated heterocycles. The zero-order chi connectivity index (χ0) is 80.5. The van der Waals surface area contributed by atoms with Gasteiger partial charge in [-0.2, -0.15) is 103 Å². The van der Waals surface area contributed by atoms with Gasteiger partial charge in [-0.1, -0.05) is 42.5 Å². The van der Waals surface area contributed by atoms with Crippen molar-refractivity contribution in [1.82, 2.24) is 87.2 Å². The van der Waals surface area contributed by atoms with E-state index in [1.807, 2.05) is 343 Å². The molecule has 0 fully saturated rings. The summed E-state index contributed by atoms with van der Waals surface area (Å²) in [4.78, 5) is 37.5. The van der Waals surface area contributed by atoms with Crippen LogP contribution in [0.2, 0.25) is 0 Å². The Bertz CT molecular complexity index is 5510. The zero-order valence-corrected chi connectivity index (χ0v) is 79.2. The number of para-hydroxylation sites is 5. The van der Waals surface area contributed by atoms with Crippen molar-refractivity contribution in [2.45, 2.75) is 0 Å². The van der Waals surface area contributed by atoms with E-state index in [9.17, 15) is 0 Å². The SMILES string of the molecule is CN1C=CN(c2[c-]cccc2)[CH-]1.CN1[CH-]N(c2[c-]cccc2)c2ccccc21.Cn1ccnc1-c1[c-]ccc(-c2ccccc2)c1.Cn1ccnc1-c1[c-]cccc1.Cn1ccnc1-c1[c-]cccc1.Cn1ccnc1-c1[c-]cccc1.Cn1ccnc1-c1[c-]cccc1.Cn1ccnc1-c1nnc[n-]1.[Ir+3].[Ir+3].[Ir].[Ir].[Ir].[c-]1ccccc1-n1cccn1. The molecule has 0 atom stereocenters. The fourth-order valence-corrected chi connectivity index (χ4v) is 11.6. The van der Waals surface area contributed by atoms with Crippen LogP contribution in [0.4, 0.5) is 22.7 Å². The Hall–Kier alpha value is -12.0. The van der Waals surface area contributed by atoms with E-state index >= 15 is 0 Å². The fraction of sp³-hybridized carbons (Fsp3) is 0.0842. The van der Waals surface area contributed by atoms with Gasteiger partial charge in [-0.15, -0.1) is 196 Å². The van der Waals surface area contributed by atoms with Crippen molar-refractivity contribution in [2.75, 3.05) is 28.8 Å². The summed E-state index contributed by atoms with van der Waals surface area (Å²) >= 11 is 0. The molecule has 0 bridgehead atoms. The molecule has 10 aromatic carbocycles. The van der Waals surface area contributed by atoms with Gasteiger partial charge in [0.1, 0.15) is 5.82 Å². The number of nitrogens with zero attached hydrogens (tertiary/aromatic N) is 21. The van der Waals surface area contributed by atoms with E-state index in [1.54, 1.807) is 48.1 Å². The van der Waals surface area contributed by atoms with Crippen LogP contribution >= 0.6 is 0 Å². The van der Waals surface area contributed by atoms with Crippen LogP contribution in [0.1, 0.15) is 0 Å². The number of aryl methyl sites for hydroxylation is 6. The third-order valence-electron chi connectivity index (χ3n) is 17.4. The van der Waals surface area contributed by atoms with E-state index < -0.39 is 0 Å². The van der Waals surface area contributed by atoms with Gasteiger partial charge in [-0.05, 0) is 62.3 Å². The molecule has 18 aromatic rings. The van der Waals surface area contributed by atoms with Crippen molar-refractivity contribution in [2.24, 2.45) is 42.3 Å². The van der Waals surface area contributed by atoms with Gasteiger partial charge in [0, 0.05) is 201 Å². The first-order valence-corrected chi connectivity index (χ1v) is 36.9. The van der Waals surface area contributed by atoms with Crippen LogP contribution in [-0.4, -0.2) is 96.3 Å². The number of hydrogen-bond donors (Lipinski definition) is 0. The summed E-state index contributed by atoms with van der Waals surface area (Å²) in [5.41, 5.74) is 13.1. The number of hydrogen-bond acceptors (Lipinski definition) is 13. The predicted molar refractivity (Wildman–Crippen MR) is 458 cm³/mol. The van der Waals surface area contributed by atoms with E-state index in [-0.39, 0.29) is 101 Å². The van der Waals surface area contributed by atoms with Crippen molar-refractivity contribution in [3.63, 3.8) is 0 Å². The summed E-state index contributed by atoms with van der Waals surface area (Å²) < 4.78 is 13.5. The Labute approximate surface area is 776 Å². The second-order valence-corrected chi connectivity index (χ2v) is 25.7. The first-order chi connectivity index (χ1) is 56.9. The van der Waals surface area contributed by atoms with Gasteiger partial charge in [0.15, 0.2) is 0 Å². The summed E-state index contributed by atoms with van der Waals surface area (Å²) in [6.45, 7) is 4.09. The Morgan fingerprint density at radius 3 is 1.06 bits per heavy atom. The quantitative estimate of drug-likeness (QED) is 0.118. The third kappa shape index (κ3) is 28.0. The van der Waals surface area contributed by atoms with Crippen molar-refractivity contribution in [1.29, 1.82) is 0 Å². The van der Waals surface area contributed by atoms with Gasteiger partial charge in [0.2, 0.25) is 0 Å². The summed E-state index contributed by atoms with van der Waals surface area (Å²) in [6, 6.07) is 107.